The van der Waals surface area contributed by atoms with Crippen molar-refractivity contribution in [2.45, 2.75) is 20.3 Å². The molecule has 2 aromatic rings. The lowest BCUT2D eigenvalue weighted by atomic mass is 10.1. The van der Waals surface area contributed by atoms with Gasteiger partial charge in [0, 0.05) is 0 Å². The van der Waals surface area contributed by atoms with E-state index in [0.717, 1.165) is 0 Å². The summed E-state index contributed by atoms with van der Waals surface area (Å²) in [6, 6.07) is 15.8. The van der Waals surface area contributed by atoms with Crippen molar-refractivity contribution in [1.29, 1.82) is 0 Å². The van der Waals surface area contributed by atoms with Crippen LogP contribution in [0.2, 0.25) is 0 Å². The van der Waals surface area contributed by atoms with Crippen LogP contribution >= 0.6 is 0 Å². The van der Waals surface area contributed by atoms with E-state index in [2.05, 4.69) is 19.6 Å². The third kappa shape index (κ3) is 3.59. The molecular formula is C18H22N2O2. The van der Waals surface area contributed by atoms with Crippen molar-refractivity contribution in [1.82, 2.24) is 0 Å². The Morgan fingerprint density at radius 2 is 1.14 bits per heavy atom. The van der Waals surface area contributed by atoms with Crippen molar-refractivity contribution >= 4 is 17.5 Å². The van der Waals surface area contributed by atoms with E-state index in [-0.39, 0.29) is 11.8 Å². The van der Waals surface area contributed by atoms with Crippen LogP contribution in [0.15, 0.2) is 54.6 Å². The van der Waals surface area contributed by atoms with Gasteiger partial charge < -0.3 is 5.73 Å². The molecule has 2 aromatic carbocycles. The van der Waals surface area contributed by atoms with Crippen LogP contribution in [-0.2, 0) is 0 Å². The molecule has 1 aliphatic heterocycles. The highest BCUT2D eigenvalue weighted by Crippen LogP contribution is 2.27. The average Bonchev–Trinajstić information content (AvgIpc) is 2.83. The highest BCUT2D eigenvalue weighted by molar-refractivity contribution is 6.34. The standard InChI is InChI=1S/C14H9NO2.C3H8.CH5N/c16-13-11-8-4-5-9-12(11)14(17)15(13)10-6-2-1-3-7-10;1-3-2;1-2/h1-9H;3H2,1-2H3;2H2,1H3. The molecular weight excluding hydrogens is 276 g/mol. The molecule has 22 heavy (non-hydrogen) atoms. The zero-order chi connectivity index (χ0) is 16.5. The number of hydrogen-bond acceptors (Lipinski definition) is 3. The largest absolute Gasteiger partial charge is 0.333 e. The van der Waals surface area contributed by atoms with Crippen molar-refractivity contribution in [2.24, 2.45) is 5.73 Å². The molecule has 0 saturated carbocycles. The van der Waals surface area contributed by atoms with Crippen LogP contribution in [0.4, 0.5) is 5.69 Å². The number of nitrogens with zero attached hydrogens (tertiary/aromatic N) is 1. The topological polar surface area (TPSA) is 63.4 Å². The number of fused-ring (bicyclic) bond motifs is 1. The fraction of sp³-hybridized carbons (Fsp3) is 0.222. The highest BCUT2D eigenvalue weighted by Gasteiger charge is 2.35. The second-order valence-corrected chi connectivity index (χ2v) is 4.53. The Balaban J connectivity index is 0.000000435. The quantitative estimate of drug-likeness (QED) is 0.820. The van der Waals surface area contributed by atoms with Crippen LogP contribution in [-0.4, -0.2) is 18.9 Å². The fourth-order valence-corrected chi connectivity index (χ4v) is 2.00. The van der Waals surface area contributed by atoms with Gasteiger partial charge in [0.25, 0.3) is 11.8 Å². The van der Waals surface area contributed by atoms with E-state index >= 15 is 0 Å². The van der Waals surface area contributed by atoms with Crippen LogP contribution in [0.3, 0.4) is 0 Å². The van der Waals surface area contributed by atoms with Crippen LogP contribution in [0.25, 0.3) is 0 Å². The molecule has 0 unspecified atom stereocenters. The van der Waals surface area contributed by atoms with Gasteiger partial charge in [0.1, 0.15) is 0 Å². The smallest absolute Gasteiger partial charge is 0.266 e. The third-order valence-corrected chi connectivity index (χ3v) is 2.81. The number of para-hydroxylation sites is 1. The molecule has 2 N–H and O–H groups in total. The highest BCUT2D eigenvalue weighted by atomic mass is 16.2. The molecule has 1 heterocycles. The van der Waals surface area contributed by atoms with Crippen molar-refractivity contribution in [2.75, 3.05) is 11.9 Å². The molecule has 3 rings (SSSR count). The summed E-state index contributed by atoms with van der Waals surface area (Å²) in [6.07, 6.45) is 1.25. The Bertz CT molecular complexity index is 589. The molecule has 0 spiro atoms. The molecule has 0 aromatic heterocycles. The van der Waals surface area contributed by atoms with Gasteiger partial charge in [-0.2, -0.15) is 0 Å². The summed E-state index contributed by atoms with van der Waals surface area (Å²) in [5.74, 6) is -0.506. The maximum Gasteiger partial charge on any atom is 0.266 e. The van der Waals surface area contributed by atoms with E-state index in [1.165, 1.54) is 18.4 Å². The Morgan fingerprint density at radius 1 is 0.773 bits per heavy atom. The summed E-state index contributed by atoms with van der Waals surface area (Å²) in [7, 11) is 1.50. The molecule has 0 fully saturated rings. The number of imide groups is 1. The van der Waals surface area contributed by atoms with Crippen molar-refractivity contribution in [3.05, 3.63) is 65.7 Å². The van der Waals surface area contributed by atoms with Gasteiger partial charge in [-0.15, -0.1) is 0 Å². The molecule has 0 saturated heterocycles. The zero-order valence-electron chi connectivity index (χ0n) is 13.2. The third-order valence-electron chi connectivity index (χ3n) is 2.81. The minimum Gasteiger partial charge on any atom is -0.333 e. The second-order valence-electron chi connectivity index (χ2n) is 4.53. The number of anilines is 1. The van der Waals surface area contributed by atoms with Crippen molar-refractivity contribution < 1.29 is 9.59 Å². The van der Waals surface area contributed by atoms with Crippen LogP contribution in [0.5, 0.6) is 0 Å². The Hall–Kier alpha value is -2.46. The molecule has 1 aliphatic rings. The predicted molar refractivity (Wildman–Crippen MR) is 90.1 cm³/mol. The lowest BCUT2D eigenvalue weighted by Gasteiger charge is -2.13. The van der Waals surface area contributed by atoms with Gasteiger partial charge in [0.05, 0.1) is 16.8 Å². The number of carbonyl (C=O) groups is 2. The number of benzene rings is 2. The lowest BCUT2D eigenvalue weighted by molar-refractivity contribution is 0.0926. The van der Waals surface area contributed by atoms with Gasteiger partial charge in [-0.3, -0.25) is 9.59 Å². The summed E-state index contributed by atoms with van der Waals surface area (Å²) >= 11 is 0. The first-order chi connectivity index (χ1) is 10.7. The minimum atomic E-state index is -0.253. The summed E-state index contributed by atoms with van der Waals surface area (Å²) in [4.78, 5) is 25.4. The van der Waals surface area contributed by atoms with E-state index in [1.54, 1.807) is 48.5 Å². The van der Waals surface area contributed by atoms with Gasteiger partial charge in [-0.1, -0.05) is 50.6 Å². The molecule has 0 radical (unpaired) electrons. The van der Waals surface area contributed by atoms with E-state index in [9.17, 15) is 9.59 Å². The Kier molecular flexibility index (Phi) is 6.99. The van der Waals surface area contributed by atoms with Gasteiger partial charge >= 0.3 is 0 Å². The molecule has 4 heteroatoms. The Labute approximate surface area is 131 Å². The fourth-order valence-electron chi connectivity index (χ4n) is 2.00. The first-order valence-electron chi connectivity index (χ1n) is 7.31. The van der Waals surface area contributed by atoms with E-state index in [4.69, 9.17) is 0 Å². The van der Waals surface area contributed by atoms with Gasteiger partial charge in [0.15, 0.2) is 0 Å². The van der Waals surface area contributed by atoms with E-state index < -0.39 is 0 Å². The predicted octanol–water partition coefficient (Wildman–Crippen LogP) is 3.48. The lowest BCUT2D eigenvalue weighted by Crippen LogP contribution is -2.29. The normalized spacial score (nSPS) is 11.9. The molecule has 4 nitrogen and oxygen atoms in total. The zero-order valence-corrected chi connectivity index (χ0v) is 13.2. The van der Waals surface area contributed by atoms with Crippen LogP contribution < -0.4 is 10.6 Å². The van der Waals surface area contributed by atoms with Gasteiger partial charge in [-0.25, -0.2) is 4.90 Å². The van der Waals surface area contributed by atoms with Gasteiger partial charge in [0.2, 0.25) is 0 Å². The summed E-state index contributed by atoms with van der Waals surface area (Å²) in [5.41, 5.74) is 6.06. The molecule has 116 valence electrons. The number of hydrogen-bond donors (Lipinski definition) is 1. The molecule has 0 aliphatic carbocycles. The number of rotatable bonds is 1. The summed E-state index contributed by atoms with van der Waals surface area (Å²) in [6.45, 7) is 4.25. The number of amides is 2. The van der Waals surface area contributed by atoms with Crippen LogP contribution in [0.1, 0.15) is 41.0 Å². The van der Waals surface area contributed by atoms with Crippen molar-refractivity contribution in [3.63, 3.8) is 0 Å². The minimum absolute atomic E-state index is 0.253. The number of nitrogens with two attached hydrogens (primary N) is 1. The maximum absolute atomic E-state index is 12.1. The van der Waals surface area contributed by atoms with Gasteiger partial charge in [-0.05, 0) is 31.3 Å². The maximum atomic E-state index is 12.1. The molecule has 2 amide bonds. The van der Waals surface area contributed by atoms with E-state index in [0.29, 0.717) is 16.8 Å². The molecule has 0 bridgehead atoms. The SMILES string of the molecule is CCC.CN.O=C1c2ccccc2C(=O)N1c1ccccc1. The molecule has 0 atom stereocenters. The second kappa shape index (κ2) is 8.74. The van der Waals surface area contributed by atoms with Crippen LogP contribution in [0, 0.1) is 0 Å². The summed E-state index contributed by atoms with van der Waals surface area (Å²) < 4.78 is 0. The van der Waals surface area contributed by atoms with Crippen molar-refractivity contribution in [3.8, 4) is 0 Å². The Morgan fingerprint density at radius 3 is 1.55 bits per heavy atom. The monoisotopic (exact) mass is 298 g/mol. The number of carbonyl (C=O) groups excluding carboxylic acids is 2. The van der Waals surface area contributed by atoms with E-state index in [1.807, 2.05) is 6.07 Å². The summed E-state index contributed by atoms with van der Waals surface area (Å²) in [5, 5.41) is 0. The first-order valence-corrected chi connectivity index (χ1v) is 7.31. The average molecular weight is 298 g/mol. The first kappa shape index (κ1) is 17.6.